The summed E-state index contributed by atoms with van der Waals surface area (Å²) in [6, 6.07) is 42.0. The lowest BCUT2D eigenvalue weighted by Crippen LogP contribution is -2.05. The number of para-hydroxylation sites is 1. The maximum atomic E-state index is 5.03. The molecule has 4 heteroatoms. The molecule has 0 unspecified atom stereocenters. The van der Waals surface area contributed by atoms with Crippen LogP contribution in [-0.4, -0.2) is 9.63 Å². The molecule has 0 atom stereocenters. The van der Waals surface area contributed by atoms with E-state index in [2.05, 4.69) is 103 Å². The van der Waals surface area contributed by atoms with Gasteiger partial charge < -0.3 is 0 Å². The lowest BCUT2D eigenvalue weighted by molar-refractivity contribution is 1.23. The topological polar surface area (TPSA) is 12.4 Å². The predicted molar refractivity (Wildman–Crippen MR) is 139 cm³/mol. The predicted octanol–water partition coefficient (Wildman–Crippen LogP) is 8.81. The molecule has 0 saturated carbocycles. The highest BCUT2D eigenvalue weighted by Gasteiger charge is 2.17. The third-order valence-electron chi connectivity index (χ3n) is 4.35. The minimum atomic E-state index is 0.309. The molecule has 0 N–H and O–H groups in total. The number of hydrogen-bond donors (Lipinski definition) is 0. The van der Waals surface area contributed by atoms with Crippen molar-refractivity contribution in [2.24, 2.45) is 4.99 Å². The molecular weight excluding hydrogens is 435 g/mol. The third kappa shape index (κ3) is 7.35. The molecule has 154 valence electrons. The zero-order valence-corrected chi connectivity index (χ0v) is 19.5. The van der Waals surface area contributed by atoms with Gasteiger partial charge in [-0.25, -0.2) is 4.99 Å². The Morgan fingerprint density at radius 3 is 1.45 bits per heavy atom. The monoisotopic (exact) mass is 457 g/mol. The second-order valence-corrected chi connectivity index (χ2v) is 10.7. The van der Waals surface area contributed by atoms with Crippen molar-refractivity contribution in [3.05, 3.63) is 121 Å². The van der Waals surface area contributed by atoms with Gasteiger partial charge in [0.15, 0.2) is 0 Å². The first kappa shape index (κ1) is 21.8. The van der Waals surface area contributed by atoms with Gasteiger partial charge in [0.1, 0.15) is 0 Å². The van der Waals surface area contributed by atoms with E-state index in [1.54, 1.807) is 11.8 Å². The molecule has 4 aromatic rings. The van der Waals surface area contributed by atoms with Gasteiger partial charge in [-0.3, -0.25) is 0 Å². The van der Waals surface area contributed by atoms with Crippen LogP contribution in [0.25, 0.3) is 0 Å². The molecule has 0 aliphatic carbocycles. The van der Waals surface area contributed by atoms with Crippen LogP contribution >= 0.6 is 35.3 Å². The fraction of sp³-hybridized carbons (Fsp3) is 0.0741. The molecule has 0 bridgehead atoms. The molecule has 0 amide bonds. The minimum Gasteiger partial charge on any atom is -0.246 e. The number of thioether (sulfide) groups is 3. The minimum absolute atomic E-state index is 0.309. The Hall–Kier alpha value is -2.40. The van der Waals surface area contributed by atoms with Crippen molar-refractivity contribution in [1.29, 1.82) is 0 Å². The van der Waals surface area contributed by atoms with Gasteiger partial charge in [0.2, 0.25) is 0 Å². The first-order valence-electron chi connectivity index (χ1n) is 10.1. The average Bonchev–Trinajstić information content (AvgIpc) is 2.82. The molecule has 4 aromatic carbocycles. The van der Waals surface area contributed by atoms with E-state index in [-0.39, 0.29) is 0 Å². The molecule has 0 saturated heterocycles. The van der Waals surface area contributed by atoms with Crippen LogP contribution in [0.2, 0.25) is 0 Å². The van der Waals surface area contributed by atoms with Crippen LogP contribution in [-0.2, 0) is 0 Å². The highest BCUT2D eigenvalue weighted by Crippen LogP contribution is 2.39. The van der Waals surface area contributed by atoms with Crippen molar-refractivity contribution < 1.29 is 0 Å². The summed E-state index contributed by atoms with van der Waals surface area (Å²) in [5.74, 6) is 0. The maximum absolute atomic E-state index is 5.03. The highest BCUT2D eigenvalue weighted by atomic mass is 32.2. The molecule has 0 aliphatic heterocycles. The summed E-state index contributed by atoms with van der Waals surface area (Å²) in [4.78, 5) is 8.80. The van der Waals surface area contributed by atoms with Gasteiger partial charge in [-0.05, 0) is 48.5 Å². The van der Waals surface area contributed by atoms with Crippen LogP contribution in [0.1, 0.15) is 6.42 Å². The van der Waals surface area contributed by atoms with Crippen LogP contribution in [0.3, 0.4) is 0 Å². The molecule has 0 heterocycles. The van der Waals surface area contributed by atoms with E-state index in [1.807, 2.05) is 41.7 Å². The van der Waals surface area contributed by atoms with Crippen molar-refractivity contribution in [2.45, 2.75) is 25.7 Å². The lowest BCUT2D eigenvalue weighted by Gasteiger charge is -2.18. The first-order chi connectivity index (χ1) is 15.3. The van der Waals surface area contributed by atoms with Crippen LogP contribution in [0, 0.1) is 0 Å². The Bertz CT molecular complexity index is 1030. The van der Waals surface area contributed by atoms with Crippen LogP contribution < -0.4 is 0 Å². The summed E-state index contributed by atoms with van der Waals surface area (Å²) in [5, 5.41) is 1.12. The van der Waals surface area contributed by atoms with Crippen LogP contribution in [0.15, 0.2) is 141 Å². The van der Waals surface area contributed by atoms with Crippen molar-refractivity contribution in [3.8, 4) is 0 Å². The quantitative estimate of drug-likeness (QED) is 0.113. The summed E-state index contributed by atoms with van der Waals surface area (Å²) in [5.41, 5.74) is 0.995. The largest absolute Gasteiger partial charge is 0.246 e. The first-order valence-corrected chi connectivity index (χ1v) is 12.7. The molecule has 4 rings (SSSR count). The molecule has 1 nitrogen and oxygen atoms in total. The lowest BCUT2D eigenvalue weighted by atomic mass is 10.3. The normalized spacial score (nSPS) is 11.6. The van der Waals surface area contributed by atoms with E-state index in [4.69, 9.17) is 4.99 Å². The number of benzene rings is 4. The number of rotatable bonds is 8. The van der Waals surface area contributed by atoms with Crippen molar-refractivity contribution in [1.82, 2.24) is 0 Å². The van der Waals surface area contributed by atoms with Crippen molar-refractivity contribution in [3.63, 3.8) is 0 Å². The zero-order valence-electron chi connectivity index (χ0n) is 17.0. The van der Waals surface area contributed by atoms with Gasteiger partial charge in [0, 0.05) is 21.1 Å². The summed E-state index contributed by atoms with van der Waals surface area (Å²) in [6.07, 6.45) is 0.869. The fourth-order valence-electron chi connectivity index (χ4n) is 2.93. The molecule has 31 heavy (non-hydrogen) atoms. The summed E-state index contributed by atoms with van der Waals surface area (Å²) in [6.45, 7) is 0. The SMILES string of the molecule is c1ccc(/N=C(\CC(Sc2ccccc2)Sc2ccccc2)Sc2ccccc2)cc1. The Kier molecular flexibility index (Phi) is 8.34. The summed E-state index contributed by atoms with van der Waals surface area (Å²) in [7, 11) is 0. The van der Waals surface area contributed by atoms with E-state index in [9.17, 15) is 0 Å². The summed E-state index contributed by atoms with van der Waals surface area (Å²) < 4.78 is 0.309. The van der Waals surface area contributed by atoms with Gasteiger partial charge >= 0.3 is 0 Å². The summed E-state index contributed by atoms with van der Waals surface area (Å²) >= 11 is 5.56. The Labute approximate surface area is 197 Å². The van der Waals surface area contributed by atoms with Gasteiger partial charge in [-0.1, -0.05) is 84.6 Å². The molecule has 0 aromatic heterocycles. The highest BCUT2D eigenvalue weighted by molar-refractivity contribution is 8.17. The van der Waals surface area contributed by atoms with Crippen LogP contribution in [0.4, 0.5) is 5.69 Å². The van der Waals surface area contributed by atoms with Crippen LogP contribution in [0.5, 0.6) is 0 Å². The molecule has 0 spiro atoms. The Morgan fingerprint density at radius 1 is 0.548 bits per heavy atom. The third-order valence-corrected chi connectivity index (χ3v) is 7.88. The van der Waals surface area contributed by atoms with E-state index in [0.29, 0.717) is 4.58 Å². The molecule has 0 radical (unpaired) electrons. The molecular formula is C27H23NS3. The Balaban J connectivity index is 1.61. The maximum Gasteiger partial charge on any atom is 0.0806 e. The molecule has 0 fully saturated rings. The van der Waals surface area contributed by atoms with E-state index in [1.165, 1.54) is 14.7 Å². The van der Waals surface area contributed by atoms with Crippen molar-refractivity contribution >= 4 is 46.0 Å². The standard InChI is InChI=1S/C27H23NS3/c1-5-13-22(14-6-1)28-26(29-23-15-7-2-8-16-23)21-27(30-24-17-9-3-10-18-24)31-25-19-11-4-12-20-25/h1-20,27H,21H2/b28-26+. The van der Waals surface area contributed by atoms with E-state index < -0.39 is 0 Å². The number of aliphatic imine (C=N–C) groups is 1. The smallest absolute Gasteiger partial charge is 0.0806 e. The van der Waals surface area contributed by atoms with Gasteiger partial charge in [0.05, 0.1) is 15.3 Å². The second kappa shape index (κ2) is 11.8. The fourth-order valence-corrected chi connectivity index (χ4v) is 6.69. The zero-order chi connectivity index (χ0) is 21.1. The van der Waals surface area contributed by atoms with Gasteiger partial charge in [-0.2, -0.15) is 0 Å². The van der Waals surface area contributed by atoms with E-state index >= 15 is 0 Å². The second-order valence-electron chi connectivity index (χ2n) is 6.75. The van der Waals surface area contributed by atoms with Crippen molar-refractivity contribution in [2.75, 3.05) is 0 Å². The molecule has 0 aliphatic rings. The number of hydrogen-bond acceptors (Lipinski definition) is 4. The van der Waals surface area contributed by atoms with Gasteiger partial charge in [-0.15, -0.1) is 23.5 Å². The Morgan fingerprint density at radius 2 is 0.968 bits per heavy atom. The number of nitrogens with zero attached hydrogens (tertiary/aromatic N) is 1. The average molecular weight is 458 g/mol. The van der Waals surface area contributed by atoms with E-state index in [0.717, 1.165) is 17.2 Å². The van der Waals surface area contributed by atoms with Gasteiger partial charge in [0.25, 0.3) is 0 Å².